The van der Waals surface area contributed by atoms with Gasteiger partial charge in [0, 0.05) is 18.6 Å². The second-order valence-electron chi connectivity index (χ2n) is 3.31. The average molecular weight is 232 g/mol. The zero-order valence-electron chi connectivity index (χ0n) is 9.33. The standard InChI is InChI=1S/C11H12N4O2/c1-17-11-9(4-2-5-12-11)14-10(16)8-15-7-3-6-13-15/h2-7H,8H2,1H3,(H,14,16). The number of hydrogen-bond donors (Lipinski definition) is 1. The van der Waals surface area contributed by atoms with Gasteiger partial charge in [-0.15, -0.1) is 0 Å². The van der Waals surface area contributed by atoms with Crippen LogP contribution in [0.4, 0.5) is 5.69 Å². The number of methoxy groups -OCH3 is 1. The maximum Gasteiger partial charge on any atom is 0.246 e. The third-order valence-electron chi connectivity index (χ3n) is 2.10. The number of hydrogen-bond acceptors (Lipinski definition) is 4. The number of carbonyl (C=O) groups is 1. The van der Waals surface area contributed by atoms with Gasteiger partial charge >= 0.3 is 0 Å². The molecule has 1 N–H and O–H groups in total. The lowest BCUT2D eigenvalue weighted by Gasteiger charge is -2.08. The maximum atomic E-state index is 11.7. The van der Waals surface area contributed by atoms with Crippen LogP contribution < -0.4 is 10.1 Å². The van der Waals surface area contributed by atoms with E-state index in [4.69, 9.17) is 4.74 Å². The van der Waals surface area contributed by atoms with Crippen molar-refractivity contribution in [2.75, 3.05) is 12.4 Å². The molecule has 0 aromatic carbocycles. The lowest BCUT2D eigenvalue weighted by Crippen LogP contribution is -2.19. The van der Waals surface area contributed by atoms with Crippen LogP contribution in [0.25, 0.3) is 0 Å². The van der Waals surface area contributed by atoms with Gasteiger partial charge in [0.05, 0.1) is 7.11 Å². The van der Waals surface area contributed by atoms with Crippen LogP contribution in [0.15, 0.2) is 36.8 Å². The van der Waals surface area contributed by atoms with Crippen molar-refractivity contribution in [2.24, 2.45) is 0 Å². The van der Waals surface area contributed by atoms with Crippen molar-refractivity contribution >= 4 is 11.6 Å². The molecule has 88 valence electrons. The Kier molecular flexibility index (Phi) is 3.34. The molecule has 2 heterocycles. The summed E-state index contributed by atoms with van der Waals surface area (Å²) in [4.78, 5) is 15.7. The third-order valence-corrected chi connectivity index (χ3v) is 2.10. The molecule has 0 radical (unpaired) electrons. The first-order valence-electron chi connectivity index (χ1n) is 5.06. The molecule has 0 saturated heterocycles. The second kappa shape index (κ2) is 5.11. The zero-order chi connectivity index (χ0) is 12.1. The van der Waals surface area contributed by atoms with E-state index in [1.54, 1.807) is 36.8 Å². The van der Waals surface area contributed by atoms with Gasteiger partial charge in [-0.2, -0.15) is 5.10 Å². The minimum atomic E-state index is -0.181. The van der Waals surface area contributed by atoms with Crippen LogP contribution >= 0.6 is 0 Å². The molecule has 0 aliphatic heterocycles. The molecule has 0 fully saturated rings. The Morgan fingerprint density at radius 2 is 2.35 bits per heavy atom. The number of nitrogens with zero attached hydrogens (tertiary/aromatic N) is 3. The van der Waals surface area contributed by atoms with Crippen LogP contribution in [0.3, 0.4) is 0 Å². The zero-order valence-corrected chi connectivity index (χ0v) is 9.33. The van der Waals surface area contributed by atoms with E-state index in [-0.39, 0.29) is 12.5 Å². The largest absolute Gasteiger partial charge is 0.480 e. The van der Waals surface area contributed by atoms with Gasteiger partial charge in [0.25, 0.3) is 0 Å². The summed E-state index contributed by atoms with van der Waals surface area (Å²) in [6.07, 6.45) is 4.94. The molecule has 0 aliphatic carbocycles. The lowest BCUT2D eigenvalue weighted by atomic mass is 10.4. The van der Waals surface area contributed by atoms with Crippen molar-refractivity contribution in [3.8, 4) is 5.88 Å². The highest BCUT2D eigenvalue weighted by atomic mass is 16.5. The monoisotopic (exact) mass is 232 g/mol. The molecule has 0 spiro atoms. The number of nitrogens with one attached hydrogen (secondary N) is 1. The number of pyridine rings is 1. The average Bonchev–Trinajstić information content (AvgIpc) is 2.82. The fourth-order valence-electron chi connectivity index (χ4n) is 1.38. The van der Waals surface area contributed by atoms with E-state index in [1.165, 1.54) is 11.8 Å². The molecule has 2 aromatic rings. The van der Waals surface area contributed by atoms with Crippen LogP contribution in [0.2, 0.25) is 0 Å². The number of carbonyl (C=O) groups excluding carboxylic acids is 1. The topological polar surface area (TPSA) is 69.0 Å². The van der Waals surface area contributed by atoms with E-state index in [0.29, 0.717) is 11.6 Å². The minimum absolute atomic E-state index is 0.158. The summed E-state index contributed by atoms with van der Waals surface area (Å²) in [6, 6.07) is 5.22. The van der Waals surface area contributed by atoms with E-state index in [0.717, 1.165) is 0 Å². The number of aromatic nitrogens is 3. The van der Waals surface area contributed by atoms with Crippen LogP contribution in [0.1, 0.15) is 0 Å². The molecular weight excluding hydrogens is 220 g/mol. The predicted octanol–water partition coefficient (Wildman–Crippen LogP) is 0.925. The number of amides is 1. The summed E-state index contributed by atoms with van der Waals surface area (Å²) in [5, 5.41) is 6.66. The summed E-state index contributed by atoms with van der Waals surface area (Å²) in [5.41, 5.74) is 0.548. The molecular formula is C11H12N4O2. The van der Waals surface area contributed by atoms with Gasteiger partial charge in [0.15, 0.2) is 0 Å². The van der Waals surface area contributed by atoms with Crippen molar-refractivity contribution in [1.29, 1.82) is 0 Å². The van der Waals surface area contributed by atoms with Gasteiger partial charge in [0.1, 0.15) is 12.2 Å². The first kappa shape index (κ1) is 11.1. The van der Waals surface area contributed by atoms with Crippen LogP contribution in [0, 0.1) is 0 Å². The molecule has 0 aliphatic rings. The fourth-order valence-corrected chi connectivity index (χ4v) is 1.38. The molecule has 0 bridgehead atoms. The van der Waals surface area contributed by atoms with Gasteiger partial charge in [-0.25, -0.2) is 4.98 Å². The Morgan fingerprint density at radius 3 is 3.06 bits per heavy atom. The minimum Gasteiger partial charge on any atom is -0.480 e. The molecule has 6 heteroatoms. The summed E-state index contributed by atoms with van der Waals surface area (Å²) < 4.78 is 6.57. The Morgan fingerprint density at radius 1 is 1.47 bits per heavy atom. The number of ether oxygens (including phenoxy) is 1. The van der Waals surface area contributed by atoms with Crippen molar-refractivity contribution in [3.05, 3.63) is 36.8 Å². The normalized spacial score (nSPS) is 9.94. The third kappa shape index (κ3) is 2.81. The Bertz CT molecular complexity index is 496. The first-order chi connectivity index (χ1) is 8.29. The molecule has 0 saturated carbocycles. The Labute approximate surface area is 98.2 Å². The summed E-state index contributed by atoms with van der Waals surface area (Å²) in [6.45, 7) is 0.158. The van der Waals surface area contributed by atoms with E-state index in [9.17, 15) is 4.79 Å². The van der Waals surface area contributed by atoms with E-state index >= 15 is 0 Å². The molecule has 2 rings (SSSR count). The van der Waals surface area contributed by atoms with Gasteiger partial charge in [-0.05, 0) is 18.2 Å². The predicted molar refractivity (Wildman–Crippen MR) is 61.6 cm³/mol. The van der Waals surface area contributed by atoms with Crippen molar-refractivity contribution < 1.29 is 9.53 Å². The van der Waals surface area contributed by atoms with E-state index < -0.39 is 0 Å². The van der Waals surface area contributed by atoms with Crippen molar-refractivity contribution in [3.63, 3.8) is 0 Å². The number of rotatable bonds is 4. The van der Waals surface area contributed by atoms with Crippen LogP contribution in [-0.4, -0.2) is 27.8 Å². The summed E-state index contributed by atoms with van der Waals surface area (Å²) >= 11 is 0. The highest BCUT2D eigenvalue weighted by molar-refractivity contribution is 5.91. The fraction of sp³-hybridized carbons (Fsp3) is 0.182. The molecule has 2 aromatic heterocycles. The van der Waals surface area contributed by atoms with Gasteiger partial charge in [-0.3, -0.25) is 9.48 Å². The Balaban J connectivity index is 2.03. The van der Waals surface area contributed by atoms with E-state index in [1.807, 2.05) is 0 Å². The summed E-state index contributed by atoms with van der Waals surface area (Å²) in [7, 11) is 1.51. The highest BCUT2D eigenvalue weighted by Crippen LogP contribution is 2.19. The van der Waals surface area contributed by atoms with Crippen LogP contribution in [0.5, 0.6) is 5.88 Å². The quantitative estimate of drug-likeness (QED) is 0.851. The second-order valence-corrected chi connectivity index (χ2v) is 3.31. The maximum absolute atomic E-state index is 11.7. The lowest BCUT2D eigenvalue weighted by molar-refractivity contribution is -0.116. The van der Waals surface area contributed by atoms with Gasteiger partial charge < -0.3 is 10.1 Å². The summed E-state index contributed by atoms with van der Waals surface area (Å²) in [5.74, 6) is 0.210. The smallest absolute Gasteiger partial charge is 0.246 e. The van der Waals surface area contributed by atoms with Crippen molar-refractivity contribution in [2.45, 2.75) is 6.54 Å². The SMILES string of the molecule is COc1ncccc1NC(=O)Cn1cccn1. The Hall–Kier alpha value is -2.37. The van der Waals surface area contributed by atoms with E-state index in [2.05, 4.69) is 15.4 Å². The van der Waals surface area contributed by atoms with Gasteiger partial charge in [-0.1, -0.05) is 0 Å². The molecule has 6 nitrogen and oxygen atoms in total. The molecule has 17 heavy (non-hydrogen) atoms. The van der Waals surface area contributed by atoms with Gasteiger partial charge in [0.2, 0.25) is 11.8 Å². The first-order valence-corrected chi connectivity index (χ1v) is 5.06. The van der Waals surface area contributed by atoms with Crippen molar-refractivity contribution in [1.82, 2.24) is 14.8 Å². The molecule has 0 atom stereocenters. The van der Waals surface area contributed by atoms with Crippen LogP contribution in [-0.2, 0) is 11.3 Å². The number of anilines is 1. The highest BCUT2D eigenvalue weighted by Gasteiger charge is 2.08. The molecule has 1 amide bonds. The molecule has 0 unspecified atom stereocenters.